The van der Waals surface area contributed by atoms with Crippen LogP contribution in [-0.4, -0.2) is 17.0 Å². The van der Waals surface area contributed by atoms with Gasteiger partial charge in [0.2, 0.25) is 5.79 Å². The maximum Gasteiger partial charge on any atom is 0.234 e. The molecule has 1 aliphatic carbocycles. The molecule has 2 atom stereocenters. The van der Waals surface area contributed by atoms with Crippen LogP contribution in [0.2, 0.25) is 0 Å². The molecule has 0 bridgehead atoms. The van der Waals surface area contributed by atoms with Crippen molar-refractivity contribution in [3.8, 4) is 0 Å². The van der Waals surface area contributed by atoms with Crippen molar-refractivity contribution in [2.24, 2.45) is 17.8 Å². The van der Waals surface area contributed by atoms with Crippen molar-refractivity contribution in [3.63, 3.8) is 0 Å². The quantitative estimate of drug-likeness (QED) is 0.421. The van der Waals surface area contributed by atoms with Gasteiger partial charge in [0.25, 0.3) is 0 Å². The van der Waals surface area contributed by atoms with Crippen molar-refractivity contribution >= 4 is 0 Å². The Labute approximate surface area is 130 Å². The van der Waals surface area contributed by atoms with Gasteiger partial charge >= 0.3 is 0 Å². The predicted molar refractivity (Wildman–Crippen MR) is 83.3 cm³/mol. The summed E-state index contributed by atoms with van der Waals surface area (Å²) in [5.74, 6) is 0.780. The average Bonchev–Trinajstić information content (AvgIpc) is 2.29. The zero-order valence-electron chi connectivity index (χ0n) is 15.3. The minimum absolute atomic E-state index is 0.381. The Morgan fingerprint density at radius 2 is 1.05 bits per heavy atom. The van der Waals surface area contributed by atoms with E-state index in [-0.39, 0.29) is 11.2 Å². The summed E-state index contributed by atoms with van der Waals surface area (Å²) in [5, 5.41) is 0. The summed E-state index contributed by atoms with van der Waals surface area (Å²) in [7, 11) is 0. The van der Waals surface area contributed by atoms with Crippen LogP contribution in [-0.2, 0) is 19.6 Å². The van der Waals surface area contributed by atoms with Crippen molar-refractivity contribution in [2.75, 3.05) is 0 Å². The Bertz CT molecular complexity index is 295. The van der Waals surface area contributed by atoms with Crippen LogP contribution in [0.1, 0.15) is 75.2 Å². The Morgan fingerprint density at radius 3 is 1.33 bits per heavy atom. The first-order chi connectivity index (χ1) is 9.34. The standard InChI is InChI=1S/C17H34O4/c1-12-10-17(11-13(2)14(12)3,20-18-15(4,5)6)21-19-16(7,8)9/h12-14H,10-11H2,1-9H3. The van der Waals surface area contributed by atoms with Gasteiger partial charge in [-0.3, -0.25) is 0 Å². The smallest absolute Gasteiger partial charge is 0.228 e. The van der Waals surface area contributed by atoms with Gasteiger partial charge in [-0.05, 0) is 59.3 Å². The Balaban J connectivity index is 2.83. The third kappa shape index (κ3) is 6.23. The van der Waals surface area contributed by atoms with Crippen molar-refractivity contribution < 1.29 is 19.6 Å². The second-order valence-electron chi connectivity index (χ2n) is 8.69. The summed E-state index contributed by atoms with van der Waals surface area (Å²) in [6.45, 7) is 18.5. The van der Waals surface area contributed by atoms with Crippen molar-refractivity contribution in [1.29, 1.82) is 0 Å². The molecule has 4 heteroatoms. The zero-order valence-corrected chi connectivity index (χ0v) is 15.3. The van der Waals surface area contributed by atoms with Gasteiger partial charge in [-0.1, -0.05) is 20.8 Å². The van der Waals surface area contributed by atoms with Crippen molar-refractivity contribution in [2.45, 2.75) is 92.1 Å². The summed E-state index contributed by atoms with van der Waals surface area (Å²) >= 11 is 0. The molecule has 1 fully saturated rings. The molecular weight excluding hydrogens is 268 g/mol. The first-order valence-electron chi connectivity index (χ1n) is 8.07. The summed E-state index contributed by atoms with van der Waals surface area (Å²) in [5.41, 5.74) is -0.763. The van der Waals surface area contributed by atoms with Gasteiger partial charge in [0.1, 0.15) is 0 Å². The summed E-state index contributed by atoms with van der Waals surface area (Å²) in [6.07, 6.45) is 1.54. The predicted octanol–water partition coefficient (Wildman–Crippen LogP) is 4.88. The lowest BCUT2D eigenvalue weighted by molar-refractivity contribution is -0.550. The van der Waals surface area contributed by atoms with Crippen LogP contribution in [0.4, 0.5) is 0 Å². The van der Waals surface area contributed by atoms with E-state index in [9.17, 15) is 0 Å². The first kappa shape index (κ1) is 18.9. The lowest BCUT2D eigenvalue weighted by Crippen LogP contribution is -2.48. The molecule has 4 nitrogen and oxygen atoms in total. The highest BCUT2D eigenvalue weighted by Gasteiger charge is 2.47. The van der Waals surface area contributed by atoms with Gasteiger partial charge in [0.15, 0.2) is 0 Å². The molecule has 0 N–H and O–H groups in total. The molecule has 1 rings (SSSR count). The maximum absolute atomic E-state index is 5.77. The highest BCUT2D eigenvalue weighted by molar-refractivity contribution is 4.85. The number of rotatable bonds is 4. The van der Waals surface area contributed by atoms with E-state index in [0.29, 0.717) is 17.8 Å². The Kier molecular flexibility index (Phi) is 5.87. The monoisotopic (exact) mass is 302 g/mol. The van der Waals surface area contributed by atoms with E-state index in [4.69, 9.17) is 19.6 Å². The van der Waals surface area contributed by atoms with Gasteiger partial charge in [-0.2, -0.15) is 9.78 Å². The maximum atomic E-state index is 5.77. The summed E-state index contributed by atoms with van der Waals surface area (Å²) in [6, 6.07) is 0. The van der Waals surface area contributed by atoms with Gasteiger partial charge < -0.3 is 0 Å². The largest absolute Gasteiger partial charge is 0.234 e. The molecule has 0 radical (unpaired) electrons. The summed E-state index contributed by atoms with van der Waals surface area (Å²) < 4.78 is 0. The van der Waals surface area contributed by atoms with E-state index in [1.54, 1.807) is 0 Å². The Hall–Kier alpha value is -0.160. The zero-order chi connectivity index (χ0) is 16.5. The average molecular weight is 302 g/mol. The van der Waals surface area contributed by atoms with Gasteiger partial charge in [0, 0.05) is 12.8 Å². The molecule has 0 amide bonds. The number of hydrogen-bond acceptors (Lipinski definition) is 4. The molecule has 0 spiro atoms. The molecule has 1 saturated carbocycles. The van der Waals surface area contributed by atoms with E-state index in [0.717, 1.165) is 12.8 Å². The molecule has 0 saturated heterocycles. The fourth-order valence-electron chi connectivity index (χ4n) is 2.55. The summed E-state index contributed by atoms with van der Waals surface area (Å²) in [4.78, 5) is 22.7. The van der Waals surface area contributed by atoms with E-state index >= 15 is 0 Å². The van der Waals surface area contributed by atoms with Crippen LogP contribution >= 0.6 is 0 Å². The SMILES string of the molecule is CC1CC(OOC(C)(C)C)(OOC(C)(C)C)CC(C)C1C. The molecule has 1 aliphatic rings. The second kappa shape index (κ2) is 6.53. The lowest BCUT2D eigenvalue weighted by Gasteiger charge is -2.44. The fourth-order valence-corrected chi connectivity index (χ4v) is 2.55. The molecule has 2 unspecified atom stereocenters. The third-order valence-corrected chi connectivity index (χ3v) is 3.95. The first-order valence-corrected chi connectivity index (χ1v) is 8.07. The molecule has 0 heterocycles. The van der Waals surface area contributed by atoms with E-state index in [1.165, 1.54) is 0 Å². The van der Waals surface area contributed by atoms with E-state index in [1.807, 2.05) is 41.5 Å². The van der Waals surface area contributed by atoms with Crippen LogP contribution < -0.4 is 0 Å². The minimum Gasteiger partial charge on any atom is -0.228 e. The third-order valence-electron chi connectivity index (χ3n) is 3.95. The fraction of sp³-hybridized carbons (Fsp3) is 1.00. The second-order valence-corrected chi connectivity index (χ2v) is 8.69. The molecule has 126 valence electrons. The molecule has 0 aromatic rings. The molecule has 21 heavy (non-hydrogen) atoms. The molecule has 0 aliphatic heterocycles. The molecule has 0 aromatic carbocycles. The van der Waals surface area contributed by atoms with Gasteiger partial charge in [-0.15, -0.1) is 0 Å². The van der Waals surface area contributed by atoms with E-state index < -0.39 is 5.79 Å². The van der Waals surface area contributed by atoms with E-state index in [2.05, 4.69) is 20.8 Å². The normalized spacial score (nSPS) is 30.4. The van der Waals surface area contributed by atoms with Crippen LogP contribution in [0.3, 0.4) is 0 Å². The van der Waals surface area contributed by atoms with Crippen LogP contribution in [0.5, 0.6) is 0 Å². The minimum atomic E-state index is -0.827. The molecular formula is C17H34O4. The lowest BCUT2D eigenvalue weighted by atomic mass is 9.72. The van der Waals surface area contributed by atoms with Crippen LogP contribution in [0.25, 0.3) is 0 Å². The highest BCUT2D eigenvalue weighted by atomic mass is 17.3. The van der Waals surface area contributed by atoms with Gasteiger partial charge in [-0.25, -0.2) is 9.78 Å². The topological polar surface area (TPSA) is 36.9 Å². The molecule has 0 aromatic heterocycles. The van der Waals surface area contributed by atoms with Crippen LogP contribution in [0.15, 0.2) is 0 Å². The van der Waals surface area contributed by atoms with Gasteiger partial charge in [0.05, 0.1) is 11.2 Å². The number of hydrogen-bond donors (Lipinski definition) is 0. The van der Waals surface area contributed by atoms with Crippen molar-refractivity contribution in [3.05, 3.63) is 0 Å². The Morgan fingerprint density at radius 1 is 0.714 bits per heavy atom. The highest BCUT2D eigenvalue weighted by Crippen LogP contribution is 2.44. The van der Waals surface area contributed by atoms with Crippen LogP contribution in [0, 0.1) is 17.8 Å². The van der Waals surface area contributed by atoms with Crippen molar-refractivity contribution in [1.82, 2.24) is 0 Å².